The molecule has 4 N–H and O–H groups in total. The summed E-state index contributed by atoms with van der Waals surface area (Å²) in [4.78, 5) is 19.8. The number of likely N-dealkylation sites (tertiary alicyclic amines) is 1. The molecule has 0 unspecified atom stereocenters. The van der Waals surface area contributed by atoms with E-state index in [9.17, 15) is 9.18 Å². The van der Waals surface area contributed by atoms with Gasteiger partial charge in [-0.3, -0.25) is 10.2 Å². The molecular formula is C28H28F2N6O2. The van der Waals surface area contributed by atoms with E-state index in [4.69, 9.17) is 16.1 Å². The van der Waals surface area contributed by atoms with E-state index in [2.05, 4.69) is 10.4 Å². The van der Waals surface area contributed by atoms with Gasteiger partial charge in [0.1, 0.15) is 28.9 Å². The van der Waals surface area contributed by atoms with Crippen LogP contribution in [0.15, 0.2) is 60.7 Å². The highest BCUT2D eigenvalue weighted by atomic mass is 19.1. The van der Waals surface area contributed by atoms with Crippen LogP contribution in [0.1, 0.15) is 34.6 Å². The Balaban J connectivity index is 1.34. The lowest BCUT2D eigenvalue weighted by Gasteiger charge is -2.33. The summed E-state index contributed by atoms with van der Waals surface area (Å²) in [6.45, 7) is 3.48. The number of aryl methyl sites for hydroxylation is 1. The Hall–Kier alpha value is -4.15. The molecule has 10 heteroatoms. The van der Waals surface area contributed by atoms with Crippen molar-refractivity contribution in [2.24, 2.45) is 11.8 Å². The van der Waals surface area contributed by atoms with Gasteiger partial charge in [-0.05, 0) is 72.9 Å². The van der Waals surface area contributed by atoms with Gasteiger partial charge in [0.15, 0.2) is 0 Å². The van der Waals surface area contributed by atoms with Crippen LogP contribution in [0.3, 0.4) is 0 Å². The highest BCUT2D eigenvalue weighted by Gasteiger charge is 2.23. The molecule has 1 fully saturated rings. The molecule has 0 spiro atoms. The van der Waals surface area contributed by atoms with Gasteiger partial charge in [0.25, 0.3) is 5.91 Å². The van der Waals surface area contributed by atoms with Gasteiger partial charge >= 0.3 is 0 Å². The largest absolute Gasteiger partial charge is 0.357 e. The second-order valence-electron chi connectivity index (χ2n) is 9.49. The van der Waals surface area contributed by atoms with Crippen LogP contribution in [-0.4, -0.2) is 46.1 Å². The maximum atomic E-state index is 15.0. The topological polar surface area (TPSA) is 109 Å². The summed E-state index contributed by atoms with van der Waals surface area (Å²) in [5.74, 6) is 3.88. The summed E-state index contributed by atoms with van der Waals surface area (Å²) in [6.07, 6.45) is 1.67. The number of rotatable bonds is 6. The molecule has 8 nitrogen and oxygen atoms in total. The summed E-state index contributed by atoms with van der Waals surface area (Å²) in [5.41, 5.74) is 1.06. The number of hydrogen-bond acceptors (Lipinski definition) is 5. The molecule has 0 bridgehead atoms. The van der Waals surface area contributed by atoms with Gasteiger partial charge in [-0.25, -0.2) is 19.4 Å². The summed E-state index contributed by atoms with van der Waals surface area (Å²) >= 11 is 0. The minimum atomic E-state index is -0.674. The third-order valence-corrected chi connectivity index (χ3v) is 6.86. The zero-order valence-electron chi connectivity index (χ0n) is 20.9. The van der Waals surface area contributed by atoms with E-state index in [1.807, 2.05) is 23.1 Å². The Morgan fingerprint density at radius 3 is 2.47 bits per heavy atom. The molecule has 1 aromatic heterocycles. The number of halogens is 2. The van der Waals surface area contributed by atoms with Crippen LogP contribution in [0.2, 0.25) is 0 Å². The van der Waals surface area contributed by atoms with Crippen LogP contribution >= 0.6 is 0 Å². The number of nitrogens with two attached hydrogens (primary N) is 1. The molecule has 5 rings (SSSR count). The van der Waals surface area contributed by atoms with Crippen molar-refractivity contribution in [3.8, 4) is 5.69 Å². The number of carbonyl (C=O) groups is 1. The number of aromatic nitrogens is 2. The van der Waals surface area contributed by atoms with Crippen molar-refractivity contribution < 1.29 is 18.4 Å². The Labute approximate surface area is 218 Å². The van der Waals surface area contributed by atoms with Crippen LogP contribution < -0.4 is 11.2 Å². The van der Waals surface area contributed by atoms with Gasteiger partial charge < -0.3 is 15.1 Å². The van der Waals surface area contributed by atoms with E-state index >= 15 is 4.39 Å². The van der Waals surface area contributed by atoms with Gasteiger partial charge in [0, 0.05) is 18.7 Å². The molecule has 1 amide bonds. The first-order chi connectivity index (χ1) is 18.3. The van der Waals surface area contributed by atoms with Crippen molar-refractivity contribution in [1.29, 1.82) is 5.41 Å². The molecule has 1 aliphatic heterocycles. The lowest BCUT2D eigenvalue weighted by molar-refractivity contribution is 0.0790. The number of amidine groups is 1. The Morgan fingerprint density at radius 1 is 1.08 bits per heavy atom. The van der Waals surface area contributed by atoms with Crippen molar-refractivity contribution in [2.45, 2.75) is 19.8 Å². The van der Waals surface area contributed by atoms with Crippen molar-refractivity contribution in [2.75, 3.05) is 25.0 Å². The fraction of sp³-hybridized carbons (Fsp3) is 0.250. The highest BCUT2D eigenvalue weighted by molar-refractivity contribution is 6.04. The quantitative estimate of drug-likeness (QED) is 0.193. The average molecular weight is 519 g/mol. The van der Waals surface area contributed by atoms with Crippen LogP contribution in [0.5, 0.6) is 0 Å². The first-order valence-corrected chi connectivity index (χ1v) is 12.4. The Bertz CT molecular complexity index is 1510. The molecule has 38 heavy (non-hydrogen) atoms. The van der Waals surface area contributed by atoms with E-state index < -0.39 is 17.5 Å². The second-order valence-corrected chi connectivity index (χ2v) is 9.49. The van der Waals surface area contributed by atoms with Crippen molar-refractivity contribution in [1.82, 2.24) is 14.7 Å². The molecule has 1 saturated heterocycles. The maximum Gasteiger partial charge on any atom is 0.274 e. The first kappa shape index (κ1) is 25.5. The number of carbonyl (C=O) groups excluding carboxylic acids is 1. The minimum Gasteiger partial charge on any atom is -0.357 e. The lowest BCUT2D eigenvalue weighted by atomic mass is 9.97. The minimum absolute atomic E-state index is 0.0465. The van der Waals surface area contributed by atoms with Crippen molar-refractivity contribution in [3.05, 3.63) is 89.2 Å². The lowest BCUT2D eigenvalue weighted by Crippen LogP contribution is -2.39. The summed E-state index contributed by atoms with van der Waals surface area (Å²) in [5, 5.41) is 16.9. The number of nitrogens with one attached hydrogen (secondary N) is 2. The Morgan fingerprint density at radius 2 is 1.79 bits per heavy atom. The van der Waals surface area contributed by atoms with E-state index in [0.717, 1.165) is 23.6 Å². The number of benzene rings is 3. The van der Waals surface area contributed by atoms with Crippen LogP contribution in [0.4, 0.5) is 14.5 Å². The molecule has 0 aliphatic carbocycles. The molecule has 2 heterocycles. The maximum absolute atomic E-state index is 15.0. The zero-order chi connectivity index (χ0) is 26.8. The highest BCUT2D eigenvalue weighted by Crippen LogP contribution is 2.25. The summed E-state index contributed by atoms with van der Waals surface area (Å²) in [7, 11) is 0. The molecule has 196 valence electrons. The molecule has 3 aromatic carbocycles. The van der Waals surface area contributed by atoms with Crippen molar-refractivity contribution in [3.63, 3.8) is 0 Å². The average Bonchev–Trinajstić information content (AvgIpc) is 3.31. The molecule has 0 radical (unpaired) electrons. The standard InChI is InChI=1S/C28H28F2N6O2/c1-17-12-26(36(34-17)25-15-20-5-3-2-4-19(20)13-23(25)30)28(37)33-24-7-6-21(14-22(24)29)27(31)35-10-8-18(9-11-35)16-38-32/h2-7,12-15,18,31H,8-11,16,32H2,1H3,(H,33,37). The normalized spacial score (nSPS) is 14.2. The first-order valence-electron chi connectivity index (χ1n) is 12.4. The van der Waals surface area contributed by atoms with Gasteiger partial charge in [-0.2, -0.15) is 5.10 Å². The fourth-order valence-electron chi connectivity index (χ4n) is 4.80. The molecular weight excluding hydrogens is 490 g/mol. The van der Waals surface area contributed by atoms with E-state index in [1.54, 1.807) is 25.1 Å². The molecule has 0 atom stereocenters. The smallest absolute Gasteiger partial charge is 0.274 e. The van der Waals surface area contributed by atoms with E-state index in [-0.39, 0.29) is 22.9 Å². The zero-order valence-corrected chi connectivity index (χ0v) is 20.9. The SMILES string of the molecule is Cc1cc(C(=O)Nc2ccc(C(=N)N3CCC(CON)CC3)cc2F)n(-c2cc3ccccc3cc2F)n1. The number of fused-ring (bicyclic) bond motifs is 1. The molecule has 0 saturated carbocycles. The number of nitrogens with zero attached hydrogens (tertiary/aromatic N) is 3. The van der Waals surface area contributed by atoms with Crippen LogP contribution in [0.25, 0.3) is 16.5 Å². The number of anilines is 1. The van der Waals surface area contributed by atoms with Crippen LogP contribution in [-0.2, 0) is 4.84 Å². The van der Waals surface area contributed by atoms with Crippen LogP contribution in [0, 0.1) is 29.9 Å². The van der Waals surface area contributed by atoms with Crippen molar-refractivity contribution >= 4 is 28.2 Å². The number of amides is 1. The predicted molar refractivity (Wildman–Crippen MR) is 141 cm³/mol. The summed E-state index contributed by atoms with van der Waals surface area (Å²) in [6, 6.07) is 16.1. The molecule has 1 aliphatic rings. The summed E-state index contributed by atoms with van der Waals surface area (Å²) < 4.78 is 31.3. The third kappa shape index (κ3) is 5.13. The number of piperidine rings is 1. The van der Waals surface area contributed by atoms with E-state index in [0.29, 0.717) is 36.9 Å². The predicted octanol–water partition coefficient (Wildman–Crippen LogP) is 4.79. The van der Waals surface area contributed by atoms with E-state index in [1.165, 1.54) is 28.9 Å². The molecule has 4 aromatic rings. The number of hydrogen-bond donors (Lipinski definition) is 3. The fourth-order valence-corrected chi connectivity index (χ4v) is 4.80. The monoisotopic (exact) mass is 518 g/mol. The van der Waals surface area contributed by atoms with Gasteiger partial charge in [0.05, 0.1) is 18.0 Å². The second kappa shape index (κ2) is 10.7. The third-order valence-electron chi connectivity index (χ3n) is 6.86. The Kier molecular flexibility index (Phi) is 7.17. The van der Waals surface area contributed by atoms with Gasteiger partial charge in [-0.15, -0.1) is 0 Å². The van der Waals surface area contributed by atoms with Gasteiger partial charge in [-0.1, -0.05) is 24.3 Å². The van der Waals surface area contributed by atoms with Gasteiger partial charge in [0.2, 0.25) is 0 Å².